The molecule has 6 nitrogen and oxygen atoms in total. The van der Waals surface area contributed by atoms with Gasteiger partial charge in [-0.2, -0.15) is 0 Å². The largest absolute Gasteiger partial charge is 0.444 e. The van der Waals surface area contributed by atoms with Gasteiger partial charge in [-0.05, 0) is 69.6 Å². The van der Waals surface area contributed by atoms with Gasteiger partial charge in [0.1, 0.15) is 12.1 Å². The summed E-state index contributed by atoms with van der Waals surface area (Å²) in [4.78, 5) is 6.60. The normalized spacial score (nSPS) is 12.5. The fourth-order valence-corrected chi connectivity index (χ4v) is 3.91. The van der Waals surface area contributed by atoms with Crippen LogP contribution in [0.3, 0.4) is 0 Å². The second-order valence-electron chi connectivity index (χ2n) is 7.23. The third kappa shape index (κ3) is 4.81. The highest BCUT2D eigenvalue weighted by Gasteiger charge is 2.21. The average molecular weight is 458 g/mol. The van der Waals surface area contributed by atoms with E-state index < -0.39 is 0 Å². The number of benzene rings is 2. The maximum absolute atomic E-state index is 13.1. The lowest BCUT2D eigenvalue weighted by atomic mass is 10.2. The molecule has 0 bridgehead atoms. The van der Waals surface area contributed by atoms with Crippen LogP contribution in [0.4, 0.5) is 4.39 Å². The van der Waals surface area contributed by atoms with Crippen molar-refractivity contribution in [3.63, 3.8) is 0 Å². The van der Waals surface area contributed by atoms with Gasteiger partial charge in [0.2, 0.25) is 5.89 Å². The van der Waals surface area contributed by atoms with Crippen molar-refractivity contribution in [2.75, 3.05) is 14.1 Å². The molecule has 0 saturated carbocycles. The number of halogens is 2. The molecule has 4 rings (SSSR count). The first-order valence-electron chi connectivity index (χ1n) is 9.63. The van der Waals surface area contributed by atoms with Gasteiger partial charge >= 0.3 is 0 Å². The maximum Gasteiger partial charge on any atom is 0.226 e. The minimum atomic E-state index is -0.296. The van der Waals surface area contributed by atoms with Gasteiger partial charge in [0.05, 0.1) is 11.7 Å². The van der Waals surface area contributed by atoms with Crippen molar-refractivity contribution in [3.05, 3.63) is 77.2 Å². The van der Waals surface area contributed by atoms with Crippen LogP contribution in [-0.2, 0) is 5.75 Å². The molecule has 1 unspecified atom stereocenters. The molecule has 9 heteroatoms. The van der Waals surface area contributed by atoms with E-state index in [4.69, 9.17) is 16.0 Å². The van der Waals surface area contributed by atoms with Gasteiger partial charge in [0.25, 0.3) is 0 Å². The van der Waals surface area contributed by atoms with E-state index in [0.717, 1.165) is 27.9 Å². The summed E-state index contributed by atoms with van der Waals surface area (Å²) in [5.74, 6) is 1.54. The average Bonchev–Trinajstić information content (AvgIpc) is 3.40. The molecule has 0 saturated heterocycles. The van der Waals surface area contributed by atoms with Crippen molar-refractivity contribution in [2.45, 2.75) is 23.9 Å². The summed E-state index contributed by atoms with van der Waals surface area (Å²) in [6.07, 6.45) is 1.61. The van der Waals surface area contributed by atoms with E-state index in [2.05, 4.69) is 27.0 Å². The third-order valence-corrected chi connectivity index (χ3v) is 6.10. The lowest BCUT2D eigenvalue weighted by molar-refractivity contribution is 0.305. The Balaban J connectivity index is 1.59. The number of oxazole rings is 1. The van der Waals surface area contributed by atoms with Gasteiger partial charge in [-0.15, -0.1) is 10.2 Å². The van der Waals surface area contributed by atoms with Crippen molar-refractivity contribution < 1.29 is 8.81 Å². The summed E-state index contributed by atoms with van der Waals surface area (Å²) in [5, 5.41) is 10.3. The zero-order valence-corrected chi connectivity index (χ0v) is 18.9. The summed E-state index contributed by atoms with van der Waals surface area (Å²) in [5.41, 5.74) is 2.43. The summed E-state index contributed by atoms with van der Waals surface area (Å²) in [6.45, 7) is 2.08. The van der Waals surface area contributed by atoms with Gasteiger partial charge in [-0.1, -0.05) is 23.4 Å². The topological polar surface area (TPSA) is 60.0 Å². The van der Waals surface area contributed by atoms with Gasteiger partial charge in [0.15, 0.2) is 11.0 Å². The zero-order chi connectivity index (χ0) is 22.0. The Labute approximate surface area is 189 Å². The molecule has 4 aromatic rings. The fraction of sp³-hybridized carbons (Fsp3) is 0.227. The molecule has 2 aromatic heterocycles. The van der Waals surface area contributed by atoms with E-state index in [1.807, 2.05) is 42.9 Å². The zero-order valence-electron chi connectivity index (χ0n) is 17.3. The quantitative estimate of drug-likeness (QED) is 0.335. The summed E-state index contributed by atoms with van der Waals surface area (Å²) in [6, 6.07) is 13.7. The van der Waals surface area contributed by atoms with Gasteiger partial charge in [-0.25, -0.2) is 9.37 Å². The molecule has 31 heavy (non-hydrogen) atoms. The second kappa shape index (κ2) is 9.21. The molecule has 0 spiro atoms. The van der Waals surface area contributed by atoms with E-state index in [-0.39, 0.29) is 11.9 Å². The molecule has 0 amide bonds. The van der Waals surface area contributed by atoms with Crippen LogP contribution in [0, 0.1) is 5.82 Å². The Kier molecular flexibility index (Phi) is 6.41. The number of thioether (sulfide) groups is 1. The predicted molar refractivity (Wildman–Crippen MR) is 120 cm³/mol. The van der Waals surface area contributed by atoms with Crippen LogP contribution in [-0.4, -0.2) is 38.7 Å². The summed E-state index contributed by atoms with van der Waals surface area (Å²) >= 11 is 7.59. The molecule has 0 aliphatic carbocycles. The summed E-state index contributed by atoms with van der Waals surface area (Å²) < 4.78 is 20.7. The first kappa shape index (κ1) is 21.5. The molecular formula is C22H21ClFN5OS. The number of aromatic nitrogens is 4. The number of hydrogen-bond acceptors (Lipinski definition) is 6. The van der Waals surface area contributed by atoms with Crippen LogP contribution < -0.4 is 0 Å². The Bertz CT molecular complexity index is 1160. The maximum atomic E-state index is 13.1. The summed E-state index contributed by atoms with van der Waals surface area (Å²) in [7, 11) is 4.01. The SMILES string of the molecule is CC(c1nnc(SCc2coc(-c3ccc(F)cc3)n2)n1-c1ccc(Cl)cc1)N(C)C. The third-order valence-electron chi connectivity index (χ3n) is 4.88. The molecular weight excluding hydrogens is 437 g/mol. The van der Waals surface area contributed by atoms with Crippen LogP contribution in [0.15, 0.2) is 64.4 Å². The molecule has 2 heterocycles. The van der Waals surface area contributed by atoms with Crippen molar-refractivity contribution in [3.8, 4) is 17.1 Å². The van der Waals surface area contributed by atoms with E-state index >= 15 is 0 Å². The van der Waals surface area contributed by atoms with Crippen molar-refractivity contribution in [2.24, 2.45) is 0 Å². The monoisotopic (exact) mass is 457 g/mol. The minimum Gasteiger partial charge on any atom is -0.444 e. The van der Waals surface area contributed by atoms with E-state index in [1.54, 1.807) is 18.4 Å². The Morgan fingerprint density at radius 3 is 2.48 bits per heavy atom. The fourth-order valence-electron chi connectivity index (χ4n) is 2.95. The highest BCUT2D eigenvalue weighted by molar-refractivity contribution is 7.98. The highest BCUT2D eigenvalue weighted by Crippen LogP contribution is 2.30. The smallest absolute Gasteiger partial charge is 0.226 e. The molecule has 0 aliphatic rings. The molecule has 0 fully saturated rings. The first-order chi connectivity index (χ1) is 14.9. The van der Waals surface area contributed by atoms with Crippen molar-refractivity contribution in [1.29, 1.82) is 0 Å². The lowest BCUT2D eigenvalue weighted by Crippen LogP contribution is -2.20. The Hall–Kier alpha value is -2.68. The molecule has 1 atom stereocenters. The first-order valence-corrected chi connectivity index (χ1v) is 11.0. The Morgan fingerprint density at radius 1 is 1.10 bits per heavy atom. The predicted octanol–water partition coefficient (Wildman–Crippen LogP) is 5.63. The van der Waals surface area contributed by atoms with Crippen LogP contribution in [0.25, 0.3) is 17.1 Å². The van der Waals surface area contributed by atoms with Crippen molar-refractivity contribution in [1.82, 2.24) is 24.6 Å². The van der Waals surface area contributed by atoms with Gasteiger partial charge < -0.3 is 4.42 Å². The van der Waals surface area contributed by atoms with E-state index in [9.17, 15) is 4.39 Å². The van der Waals surface area contributed by atoms with Crippen LogP contribution in [0.5, 0.6) is 0 Å². The minimum absolute atomic E-state index is 0.0645. The second-order valence-corrected chi connectivity index (χ2v) is 8.61. The molecule has 2 aromatic carbocycles. The number of hydrogen-bond donors (Lipinski definition) is 0. The van der Waals surface area contributed by atoms with Crippen LogP contribution >= 0.6 is 23.4 Å². The van der Waals surface area contributed by atoms with Gasteiger partial charge in [0, 0.05) is 22.0 Å². The molecule has 0 aliphatic heterocycles. The highest BCUT2D eigenvalue weighted by atomic mass is 35.5. The van der Waals surface area contributed by atoms with Crippen molar-refractivity contribution >= 4 is 23.4 Å². The van der Waals surface area contributed by atoms with E-state index in [1.165, 1.54) is 23.9 Å². The number of rotatable bonds is 7. The molecule has 0 radical (unpaired) electrons. The van der Waals surface area contributed by atoms with Crippen LogP contribution in [0.1, 0.15) is 24.5 Å². The number of nitrogens with zero attached hydrogens (tertiary/aromatic N) is 5. The van der Waals surface area contributed by atoms with Gasteiger partial charge in [-0.3, -0.25) is 9.47 Å². The lowest BCUT2D eigenvalue weighted by Gasteiger charge is -2.20. The Morgan fingerprint density at radius 2 is 1.81 bits per heavy atom. The molecule has 160 valence electrons. The van der Waals surface area contributed by atoms with Crippen LogP contribution in [0.2, 0.25) is 5.02 Å². The molecule has 0 N–H and O–H groups in total. The van der Waals surface area contributed by atoms with E-state index in [0.29, 0.717) is 16.7 Å². The standard InChI is InChI=1S/C22H21ClFN5OS/c1-14(28(2)3)20-26-27-22(29(20)19-10-6-16(23)7-11-19)31-13-18-12-30-21(25-18)15-4-8-17(24)9-5-15/h4-12,14H,13H2,1-3H3.